The average molecular weight is 477 g/mol. The van der Waals surface area contributed by atoms with E-state index in [1.54, 1.807) is 12.1 Å². The zero-order valence-electron chi connectivity index (χ0n) is 19.7. The molecule has 2 amide bonds. The first-order valence-corrected chi connectivity index (χ1v) is 11.4. The number of piperidine rings is 1. The van der Waals surface area contributed by atoms with E-state index in [2.05, 4.69) is 29.0 Å². The number of likely N-dealkylation sites (tertiary alicyclic amines) is 1. The minimum absolute atomic E-state index is 0.0479. The van der Waals surface area contributed by atoms with E-state index in [4.69, 9.17) is 0 Å². The lowest BCUT2D eigenvalue weighted by atomic mass is 9.94. The van der Waals surface area contributed by atoms with Crippen LogP contribution in [-0.4, -0.2) is 53.3 Å². The number of alkyl halides is 3. The van der Waals surface area contributed by atoms with Crippen LogP contribution in [0.3, 0.4) is 0 Å². The summed E-state index contributed by atoms with van der Waals surface area (Å²) in [6.45, 7) is 7.22. The molecule has 3 rings (SSSR count). The molecule has 0 aliphatic carbocycles. The van der Waals surface area contributed by atoms with Gasteiger partial charge >= 0.3 is 6.18 Å². The third kappa shape index (κ3) is 7.03. The van der Waals surface area contributed by atoms with Crippen molar-refractivity contribution in [1.29, 1.82) is 0 Å². The Hall–Kier alpha value is -2.94. The van der Waals surface area contributed by atoms with E-state index in [1.165, 1.54) is 0 Å². The summed E-state index contributed by atoms with van der Waals surface area (Å²) in [5.74, 6) is 0.0427. The Labute approximate surface area is 198 Å². The van der Waals surface area contributed by atoms with Crippen molar-refractivity contribution in [3.05, 3.63) is 59.4 Å². The van der Waals surface area contributed by atoms with Gasteiger partial charge in [0.1, 0.15) is 0 Å². The van der Waals surface area contributed by atoms with Crippen molar-refractivity contribution in [2.24, 2.45) is 11.8 Å². The van der Waals surface area contributed by atoms with Gasteiger partial charge in [-0.2, -0.15) is 13.2 Å². The molecule has 1 saturated heterocycles. The lowest BCUT2D eigenvalue weighted by Gasteiger charge is -2.33. The Morgan fingerprint density at radius 3 is 2.53 bits per heavy atom. The summed E-state index contributed by atoms with van der Waals surface area (Å²) in [4.78, 5) is 32.7. The second kappa shape index (κ2) is 11.0. The van der Waals surface area contributed by atoms with E-state index in [-0.39, 0.29) is 17.4 Å². The van der Waals surface area contributed by atoms with Crippen LogP contribution in [0, 0.1) is 11.8 Å². The van der Waals surface area contributed by atoms with Crippen molar-refractivity contribution in [3.63, 3.8) is 0 Å². The van der Waals surface area contributed by atoms with Crippen molar-refractivity contribution in [2.45, 2.75) is 39.4 Å². The third-order valence-corrected chi connectivity index (χ3v) is 5.87. The molecule has 0 atom stereocenters. The van der Waals surface area contributed by atoms with Crippen LogP contribution in [0.2, 0.25) is 0 Å². The Kier molecular flexibility index (Phi) is 8.30. The molecular formula is C25H31F3N4O2. The number of halogens is 3. The van der Waals surface area contributed by atoms with E-state index >= 15 is 0 Å². The maximum atomic E-state index is 12.9. The second-order valence-corrected chi connectivity index (χ2v) is 9.28. The fraction of sp³-hybridized carbons (Fsp3) is 0.480. The molecule has 0 unspecified atom stereocenters. The number of aromatic nitrogens is 1. The molecular weight excluding hydrogens is 445 g/mol. The molecule has 6 nitrogen and oxygen atoms in total. The molecule has 1 fully saturated rings. The summed E-state index contributed by atoms with van der Waals surface area (Å²) in [6.07, 6.45) is -1.15. The number of nitrogens with one attached hydrogen (secondary N) is 1. The van der Waals surface area contributed by atoms with Crippen LogP contribution in [-0.2, 0) is 17.5 Å². The van der Waals surface area contributed by atoms with Gasteiger partial charge in [-0.15, -0.1) is 0 Å². The number of carbonyl (C=O) groups excluding carboxylic acids is 2. The van der Waals surface area contributed by atoms with Crippen LogP contribution in [0.15, 0.2) is 42.7 Å². The van der Waals surface area contributed by atoms with Gasteiger partial charge in [-0.1, -0.05) is 26.0 Å². The first kappa shape index (κ1) is 25.7. The minimum atomic E-state index is -4.56. The lowest BCUT2D eigenvalue weighted by molar-refractivity contribution is -0.138. The predicted octanol–water partition coefficient (Wildman–Crippen LogP) is 4.68. The van der Waals surface area contributed by atoms with Crippen LogP contribution in [0.1, 0.15) is 48.2 Å². The molecule has 0 spiro atoms. The first-order chi connectivity index (χ1) is 16.0. The Morgan fingerprint density at radius 2 is 1.88 bits per heavy atom. The average Bonchev–Trinajstić information content (AvgIpc) is 2.78. The Balaban J connectivity index is 1.55. The molecule has 184 valence electrons. The highest BCUT2D eigenvalue weighted by Gasteiger charge is 2.31. The van der Waals surface area contributed by atoms with Crippen LogP contribution in [0.4, 0.5) is 18.9 Å². The largest absolute Gasteiger partial charge is 0.417 e. The summed E-state index contributed by atoms with van der Waals surface area (Å²) in [7, 11) is 1.87. The molecule has 0 radical (unpaired) electrons. The van der Waals surface area contributed by atoms with Gasteiger partial charge in [-0.05, 0) is 55.6 Å². The molecule has 1 aromatic carbocycles. The number of hydrogen-bond donors (Lipinski definition) is 1. The molecule has 2 aromatic rings. The van der Waals surface area contributed by atoms with Gasteiger partial charge in [-0.3, -0.25) is 19.5 Å². The Bertz CT molecular complexity index is 1000. The van der Waals surface area contributed by atoms with Crippen LogP contribution in [0.25, 0.3) is 0 Å². The summed E-state index contributed by atoms with van der Waals surface area (Å²) in [5.41, 5.74) is 0.350. The first-order valence-electron chi connectivity index (χ1n) is 11.4. The standard InChI is InChI=1S/C25H31F3N4O2/c1-17(2)15-31(3)24(34)19-7-9-32(10-8-19)16-18-5-4-6-22(11-18)30-23(33)20-12-21(14-29-13-20)25(26,27)28/h4-6,11-14,17,19H,7-10,15-16H2,1-3H3,(H,30,33). The molecule has 1 aromatic heterocycles. The number of nitrogens with zero attached hydrogens (tertiary/aromatic N) is 3. The minimum Gasteiger partial charge on any atom is -0.345 e. The smallest absolute Gasteiger partial charge is 0.345 e. The molecule has 2 heterocycles. The number of hydrogen-bond acceptors (Lipinski definition) is 4. The van der Waals surface area contributed by atoms with Gasteiger partial charge in [0.25, 0.3) is 5.91 Å². The SMILES string of the molecule is CC(C)CN(C)C(=O)C1CCN(Cc2cccc(NC(=O)c3cncc(C(F)(F)F)c3)c2)CC1. The molecule has 0 bridgehead atoms. The highest BCUT2D eigenvalue weighted by Crippen LogP contribution is 2.29. The molecule has 1 N–H and O–H groups in total. The fourth-order valence-electron chi connectivity index (χ4n) is 4.22. The zero-order chi connectivity index (χ0) is 24.9. The van der Waals surface area contributed by atoms with E-state index < -0.39 is 17.6 Å². The van der Waals surface area contributed by atoms with E-state index in [9.17, 15) is 22.8 Å². The quantitative estimate of drug-likeness (QED) is 0.630. The van der Waals surface area contributed by atoms with Gasteiger partial charge in [0.2, 0.25) is 5.91 Å². The van der Waals surface area contributed by atoms with Crippen LogP contribution < -0.4 is 5.32 Å². The van der Waals surface area contributed by atoms with Gasteiger partial charge in [0.05, 0.1) is 11.1 Å². The van der Waals surface area contributed by atoms with E-state index in [0.29, 0.717) is 24.3 Å². The van der Waals surface area contributed by atoms with Gasteiger partial charge in [0.15, 0.2) is 0 Å². The van der Waals surface area contributed by atoms with Crippen molar-refractivity contribution in [2.75, 3.05) is 32.0 Å². The van der Waals surface area contributed by atoms with Gasteiger partial charge < -0.3 is 10.2 Å². The molecule has 34 heavy (non-hydrogen) atoms. The van der Waals surface area contributed by atoms with Crippen molar-refractivity contribution in [1.82, 2.24) is 14.8 Å². The topological polar surface area (TPSA) is 65.5 Å². The molecule has 9 heteroatoms. The van der Waals surface area contributed by atoms with Crippen LogP contribution in [0.5, 0.6) is 0 Å². The number of carbonyl (C=O) groups is 2. The summed E-state index contributed by atoms with van der Waals surface area (Å²) < 4.78 is 38.7. The van der Waals surface area contributed by atoms with Gasteiger partial charge in [0, 0.05) is 44.1 Å². The summed E-state index contributed by atoms with van der Waals surface area (Å²) in [5, 5.41) is 2.65. The zero-order valence-corrected chi connectivity index (χ0v) is 19.7. The van der Waals surface area contributed by atoms with Crippen molar-refractivity contribution < 1.29 is 22.8 Å². The fourth-order valence-corrected chi connectivity index (χ4v) is 4.22. The number of benzene rings is 1. The predicted molar refractivity (Wildman–Crippen MR) is 124 cm³/mol. The molecule has 1 aliphatic heterocycles. The monoisotopic (exact) mass is 476 g/mol. The lowest BCUT2D eigenvalue weighted by Crippen LogP contribution is -2.41. The number of rotatable bonds is 7. The second-order valence-electron chi connectivity index (χ2n) is 9.28. The third-order valence-electron chi connectivity index (χ3n) is 5.87. The van der Waals surface area contributed by atoms with E-state index in [0.717, 1.165) is 50.3 Å². The Morgan fingerprint density at radius 1 is 1.18 bits per heavy atom. The molecule has 0 saturated carbocycles. The maximum absolute atomic E-state index is 12.9. The van der Waals surface area contributed by atoms with Gasteiger partial charge in [-0.25, -0.2) is 0 Å². The van der Waals surface area contributed by atoms with Crippen molar-refractivity contribution in [3.8, 4) is 0 Å². The molecule has 1 aliphatic rings. The van der Waals surface area contributed by atoms with E-state index in [1.807, 2.05) is 24.1 Å². The number of anilines is 1. The summed E-state index contributed by atoms with van der Waals surface area (Å²) >= 11 is 0. The summed E-state index contributed by atoms with van der Waals surface area (Å²) in [6, 6.07) is 8.03. The van der Waals surface area contributed by atoms with Crippen LogP contribution >= 0.6 is 0 Å². The highest BCUT2D eigenvalue weighted by atomic mass is 19.4. The number of pyridine rings is 1. The normalized spacial score (nSPS) is 15.4. The number of amides is 2. The van der Waals surface area contributed by atoms with Crippen molar-refractivity contribution >= 4 is 17.5 Å². The maximum Gasteiger partial charge on any atom is 0.417 e. The highest BCUT2D eigenvalue weighted by molar-refractivity contribution is 6.04.